The molecule has 2 unspecified atom stereocenters. The van der Waals surface area contributed by atoms with Crippen molar-refractivity contribution in [2.45, 2.75) is 58.0 Å². The lowest BCUT2D eigenvalue weighted by atomic mass is 9.78. The van der Waals surface area contributed by atoms with Crippen molar-refractivity contribution < 1.29 is 4.79 Å². The van der Waals surface area contributed by atoms with Gasteiger partial charge in [0, 0.05) is 18.0 Å². The third-order valence-electron chi connectivity index (χ3n) is 3.55. The molecule has 2 heteroatoms. The van der Waals surface area contributed by atoms with Crippen LogP contribution in [-0.2, 0) is 4.79 Å². The van der Waals surface area contributed by atoms with Gasteiger partial charge in [-0.1, -0.05) is 12.0 Å². The minimum atomic E-state index is 0.288. The Morgan fingerprint density at radius 1 is 1.20 bits per heavy atom. The number of ketones is 1. The first-order chi connectivity index (χ1) is 7.15. The maximum absolute atomic E-state index is 11.9. The second-order valence-electron chi connectivity index (χ2n) is 5.28. The van der Waals surface area contributed by atoms with Gasteiger partial charge >= 0.3 is 0 Å². The number of carbonyl (C=O) groups excluding carboxylic acids is 1. The number of fused-ring (bicyclic) bond motifs is 2. The van der Waals surface area contributed by atoms with Crippen LogP contribution in [0.4, 0.5) is 0 Å². The van der Waals surface area contributed by atoms with E-state index < -0.39 is 0 Å². The molecule has 2 fully saturated rings. The Morgan fingerprint density at radius 2 is 1.80 bits per heavy atom. The Kier molecular flexibility index (Phi) is 3.25. The molecular weight excluding hydrogens is 186 g/mol. The van der Waals surface area contributed by atoms with E-state index in [-0.39, 0.29) is 5.92 Å². The van der Waals surface area contributed by atoms with E-state index in [4.69, 9.17) is 0 Å². The van der Waals surface area contributed by atoms with Gasteiger partial charge in [0.25, 0.3) is 0 Å². The van der Waals surface area contributed by atoms with Crippen LogP contribution in [0.3, 0.4) is 0 Å². The highest BCUT2D eigenvalue weighted by molar-refractivity contribution is 5.92. The average molecular weight is 207 g/mol. The molecule has 1 N–H and O–H groups in total. The predicted octanol–water partition coefficient (Wildman–Crippen LogP) is 2.44. The van der Waals surface area contributed by atoms with Gasteiger partial charge in [0.15, 0.2) is 5.78 Å². The maximum Gasteiger partial charge on any atom is 0.158 e. The third kappa shape index (κ3) is 2.69. The molecule has 2 bridgehead atoms. The summed E-state index contributed by atoms with van der Waals surface area (Å²) in [6.45, 7) is 4.00. The van der Waals surface area contributed by atoms with E-state index in [0.717, 1.165) is 18.4 Å². The average Bonchev–Trinajstić information content (AvgIpc) is 2.16. The molecule has 15 heavy (non-hydrogen) atoms. The number of carbonyl (C=O) groups is 1. The smallest absolute Gasteiger partial charge is 0.158 e. The fraction of sp³-hybridized carbons (Fsp3) is 0.769. The molecular formula is C13H21NO. The van der Waals surface area contributed by atoms with Crippen LogP contribution in [0.1, 0.15) is 46.0 Å². The quantitative estimate of drug-likeness (QED) is 0.705. The standard InChI is InChI=1S/C13H21NO/c1-9(2)6-13(15)10-7-11-4-3-5-12(8-10)14-11/h6,10-12,14H,3-5,7-8H2,1-2H3. The molecule has 0 aromatic rings. The van der Waals surface area contributed by atoms with Crippen molar-refractivity contribution in [1.29, 1.82) is 0 Å². The summed E-state index contributed by atoms with van der Waals surface area (Å²) in [5.41, 5.74) is 1.13. The lowest BCUT2D eigenvalue weighted by molar-refractivity contribution is -0.120. The largest absolute Gasteiger partial charge is 0.311 e. The molecule has 2 rings (SSSR count). The van der Waals surface area contributed by atoms with E-state index in [0.29, 0.717) is 17.9 Å². The molecule has 0 spiro atoms. The Hall–Kier alpha value is -0.630. The topological polar surface area (TPSA) is 29.1 Å². The lowest BCUT2D eigenvalue weighted by Crippen LogP contribution is -2.49. The van der Waals surface area contributed by atoms with E-state index >= 15 is 0 Å². The van der Waals surface area contributed by atoms with Gasteiger partial charge in [-0.2, -0.15) is 0 Å². The first-order valence-corrected chi connectivity index (χ1v) is 6.10. The number of rotatable bonds is 2. The molecule has 0 aromatic carbocycles. The molecule has 2 saturated heterocycles. The number of allylic oxidation sites excluding steroid dienone is 2. The van der Waals surface area contributed by atoms with Crippen LogP contribution in [0.2, 0.25) is 0 Å². The summed E-state index contributed by atoms with van der Waals surface area (Å²) in [4.78, 5) is 11.9. The zero-order chi connectivity index (χ0) is 10.8. The van der Waals surface area contributed by atoms with Crippen molar-refractivity contribution in [3.63, 3.8) is 0 Å². The van der Waals surface area contributed by atoms with Gasteiger partial charge in [-0.05, 0) is 45.6 Å². The Morgan fingerprint density at radius 3 is 2.33 bits per heavy atom. The molecule has 2 heterocycles. The Balaban J connectivity index is 1.99. The maximum atomic E-state index is 11.9. The fourth-order valence-electron chi connectivity index (χ4n) is 2.90. The minimum Gasteiger partial charge on any atom is -0.311 e. The molecule has 0 radical (unpaired) electrons. The van der Waals surface area contributed by atoms with Crippen molar-refractivity contribution >= 4 is 5.78 Å². The Bertz CT molecular complexity index is 266. The summed E-state index contributed by atoms with van der Waals surface area (Å²) in [5.74, 6) is 0.643. The molecule has 2 aliphatic heterocycles. The summed E-state index contributed by atoms with van der Waals surface area (Å²) in [5, 5.41) is 3.62. The minimum absolute atomic E-state index is 0.288. The van der Waals surface area contributed by atoms with Gasteiger partial charge in [-0.3, -0.25) is 4.79 Å². The molecule has 0 amide bonds. The summed E-state index contributed by atoms with van der Waals surface area (Å²) >= 11 is 0. The van der Waals surface area contributed by atoms with Crippen LogP contribution >= 0.6 is 0 Å². The van der Waals surface area contributed by atoms with Crippen LogP contribution in [0, 0.1) is 5.92 Å². The molecule has 0 saturated carbocycles. The van der Waals surface area contributed by atoms with E-state index in [9.17, 15) is 4.79 Å². The summed E-state index contributed by atoms with van der Waals surface area (Å²) in [6, 6.07) is 1.22. The van der Waals surface area contributed by atoms with E-state index in [1.165, 1.54) is 19.3 Å². The first kappa shape index (κ1) is 10.9. The van der Waals surface area contributed by atoms with Gasteiger partial charge in [-0.25, -0.2) is 0 Å². The van der Waals surface area contributed by atoms with Crippen molar-refractivity contribution in [2.75, 3.05) is 0 Å². The zero-order valence-corrected chi connectivity index (χ0v) is 9.75. The molecule has 0 aliphatic carbocycles. The van der Waals surface area contributed by atoms with E-state index in [2.05, 4.69) is 5.32 Å². The highest BCUT2D eigenvalue weighted by Crippen LogP contribution is 2.30. The van der Waals surface area contributed by atoms with Crippen molar-refractivity contribution in [3.8, 4) is 0 Å². The first-order valence-electron chi connectivity index (χ1n) is 6.10. The van der Waals surface area contributed by atoms with Gasteiger partial charge in [0.1, 0.15) is 0 Å². The molecule has 84 valence electrons. The van der Waals surface area contributed by atoms with Crippen LogP contribution in [-0.4, -0.2) is 17.9 Å². The van der Waals surface area contributed by atoms with Gasteiger partial charge in [0.05, 0.1) is 0 Å². The monoisotopic (exact) mass is 207 g/mol. The summed E-state index contributed by atoms with van der Waals surface area (Å²) in [6.07, 6.45) is 7.79. The molecule has 2 atom stereocenters. The fourth-order valence-corrected chi connectivity index (χ4v) is 2.90. The predicted molar refractivity (Wildman–Crippen MR) is 61.7 cm³/mol. The van der Waals surface area contributed by atoms with Crippen molar-refractivity contribution in [1.82, 2.24) is 5.32 Å². The number of piperidine rings is 2. The summed E-state index contributed by atoms with van der Waals surface area (Å²) in [7, 11) is 0. The number of hydrogen-bond donors (Lipinski definition) is 1. The highest BCUT2D eigenvalue weighted by Gasteiger charge is 2.33. The zero-order valence-electron chi connectivity index (χ0n) is 9.75. The van der Waals surface area contributed by atoms with Crippen LogP contribution in [0.5, 0.6) is 0 Å². The Labute approximate surface area is 92.1 Å². The van der Waals surface area contributed by atoms with Crippen molar-refractivity contribution in [3.05, 3.63) is 11.6 Å². The van der Waals surface area contributed by atoms with Crippen molar-refractivity contribution in [2.24, 2.45) is 5.92 Å². The van der Waals surface area contributed by atoms with E-state index in [1.807, 2.05) is 19.9 Å². The number of nitrogens with one attached hydrogen (secondary N) is 1. The SMILES string of the molecule is CC(C)=CC(=O)C1CC2CCCC(C1)N2. The normalized spacial score (nSPS) is 34.7. The van der Waals surface area contributed by atoms with Crippen LogP contribution < -0.4 is 5.32 Å². The molecule has 0 aromatic heterocycles. The molecule has 2 aliphatic rings. The highest BCUT2D eigenvalue weighted by atomic mass is 16.1. The summed E-state index contributed by atoms with van der Waals surface area (Å²) < 4.78 is 0. The van der Waals surface area contributed by atoms with E-state index in [1.54, 1.807) is 0 Å². The lowest BCUT2D eigenvalue weighted by Gasteiger charge is -2.39. The third-order valence-corrected chi connectivity index (χ3v) is 3.55. The second-order valence-corrected chi connectivity index (χ2v) is 5.28. The van der Waals surface area contributed by atoms with Crippen LogP contribution in [0.25, 0.3) is 0 Å². The van der Waals surface area contributed by atoms with Gasteiger partial charge < -0.3 is 5.32 Å². The van der Waals surface area contributed by atoms with Crippen LogP contribution in [0.15, 0.2) is 11.6 Å². The second kappa shape index (κ2) is 4.48. The van der Waals surface area contributed by atoms with Gasteiger partial charge in [0.2, 0.25) is 0 Å². The molecule has 2 nitrogen and oxygen atoms in total. The number of hydrogen-bond acceptors (Lipinski definition) is 2. The van der Waals surface area contributed by atoms with Gasteiger partial charge in [-0.15, -0.1) is 0 Å².